The zero-order chi connectivity index (χ0) is 48.6. The number of hydrogen-bond donors (Lipinski definition) is 0. The van der Waals surface area contributed by atoms with Crippen molar-refractivity contribution in [2.75, 3.05) is 13.2 Å². The third kappa shape index (κ3) is 54.4. The largest absolute Gasteiger partial charge is 0.462 e. The molecule has 0 aromatic heterocycles. The molecule has 0 N–H and O–H groups in total. The van der Waals surface area contributed by atoms with E-state index in [9.17, 15) is 14.4 Å². The molecule has 6 nitrogen and oxygen atoms in total. The van der Waals surface area contributed by atoms with Gasteiger partial charge in [0.25, 0.3) is 0 Å². The molecule has 0 saturated carbocycles. The van der Waals surface area contributed by atoms with Gasteiger partial charge in [-0.1, -0.05) is 256 Å². The fraction of sp³-hybridized carbons (Fsp3) is 0.852. The van der Waals surface area contributed by atoms with Gasteiger partial charge in [0.05, 0.1) is 0 Å². The van der Waals surface area contributed by atoms with Crippen LogP contribution in [0.1, 0.15) is 316 Å². The fourth-order valence-corrected chi connectivity index (χ4v) is 8.65. The number of carbonyl (C=O) groups is 3. The van der Waals surface area contributed by atoms with Crippen LogP contribution in [0.25, 0.3) is 0 Å². The summed E-state index contributed by atoms with van der Waals surface area (Å²) >= 11 is 0. The average Bonchev–Trinajstić information content (AvgIpc) is 3.33. The van der Waals surface area contributed by atoms with Crippen molar-refractivity contribution in [3.05, 3.63) is 36.5 Å². The van der Waals surface area contributed by atoms with Gasteiger partial charge in [0.2, 0.25) is 0 Å². The van der Waals surface area contributed by atoms with E-state index >= 15 is 0 Å². The standard InChI is InChI=1S/C61H112O6/c1-4-7-10-13-16-19-22-25-27-29-30-32-33-36-39-42-45-48-51-54-60(63)66-57-58(56-65-59(62)53-50-47-44-41-38-35-24-21-18-15-12-9-6-3)67-61(64)55-52-49-46-43-40-37-34-31-28-26-23-20-17-14-11-8-5-2/h16,19,25-28,58H,4-15,17-18,20-24,29-57H2,1-3H3/b19-16-,27-25-,28-26-. The van der Waals surface area contributed by atoms with E-state index in [1.54, 1.807) is 0 Å². The van der Waals surface area contributed by atoms with Gasteiger partial charge >= 0.3 is 17.9 Å². The first kappa shape index (κ1) is 64.6. The van der Waals surface area contributed by atoms with Gasteiger partial charge in [0.15, 0.2) is 6.10 Å². The lowest BCUT2D eigenvalue weighted by atomic mass is 10.0. The third-order valence-corrected chi connectivity index (χ3v) is 13.1. The van der Waals surface area contributed by atoms with E-state index in [2.05, 4.69) is 57.2 Å². The Morgan fingerprint density at radius 1 is 0.299 bits per heavy atom. The Morgan fingerprint density at radius 3 is 0.866 bits per heavy atom. The lowest BCUT2D eigenvalue weighted by Gasteiger charge is -2.18. The smallest absolute Gasteiger partial charge is 0.306 e. The molecule has 0 heterocycles. The maximum atomic E-state index is 12.9. The minimum Gasteiger partial charge on any atom is -0.462 e. The molecule has 0 aromatic carbocycles. The minimum atomic E-state index is -0.773. The molecular weight excluding hydrogens is 829 g/mol. The second-order valence-corrected chi connectivity index (χ2v) is 19.9. The Labute approximate surface area is 416 Å². The van der Waals surface area contributed by atoms with E-state index in [1.807, 2.05) is 0 Å². The molecule has 0 radical (unpaired) electrons. The van der Waals surface area contributed by atoms with E-state index in [1.165, 1.54) is 212 Å². The average molecular weight is 942 g/mol. The van der Waals surface area contributed by atoms with Crippen LogP contribution >= 0.6 is 0 Å². The topological polar surface area (TPSA) is 78.9 Å². The highest BCUT2D eigenvalue weighted by molar-refractivity contribution is 5.71. The van der Waals surface area contributed by atoms with Gasteiger partial charge in [-0.05, 0) is 77.0 Å². The molecule has 1 unspecified atom stereocenters. The van der Waals surface area contributed by atoms with E-state index in [0.717, 1.165) is 64.2 Å². The molecular formula is C61H112O6. The summed E-state index contributed by atoms with van der Waals surface area (Å²) in [5, 5.41) is 0. The normalized spacial score (nSPS) is 12.2. The highest BCUT2D eigenvalue weighted by atomic mass is 16.6. The summed E-state index contributed by atoms with van der Waals surface area (Å²) in [7, 11) is 0. The van der Waals surface area contributed by atoms with Gasteiger partial charge in [-0.25, -0.2) is 0 Å². The van der Waals surface area contributed by atoms with Crippen LogP contribution in [0.5, 0.6) is 0 Å². The number of allylic oxidation sites excluding steroid dienone is 6. The molecule has 0 aliphatic heterocycles. The van der Waals surface area contributed by atoms with Crippen LogP contribution in [0.3, 0.4) is 0 Å². The lowest BCUT2D eigenvalue weighted by molar-refractivity contribution is -0.167. The zero-order valence-electron chi connectivity index (χ0n) is 44.9. The van der Waals surface area contributed by atoms with Crippen molar-refractivity contribution in [2.24, 2.45) is 0 Å². The first-order chi connectivity index (χ1) is 33.0. The Balaban J connectivity index is 4.33. The summed E-state index contributed by atoms with van der Waals surface area (Å²) in [5.41, 5.74) is 0. The van der Waals surface area contributed by atoms with E-state index in [4.69, 9.17) is 14.2 Å². The molecule has 0 aromatic rings. The van der Waals surface area contributed by atoms with E-state index < -0.39 is 6.10 Å². The molecule has 6 heteroatoms. The maximum Gasteiger partial charge on any atom is 0.306 e. The molecule has 0 amide bonds. The van der Waals surface area contributed by atoms with Gasteiger partial charge in [-0.3, -0.25) is 14.4 Å². The van der Waals surface area contributed by atoms with Crippen LogP contribution in [0.2, 0.25) is 0 Å². The van der Waals surface area contributed by atoms with Crippen molar-refractivity contribution in [1.29, 1.82) is 0 Å². The summed E-state index contributed by atoms with van der Waals surface area (Å²) in [6.07, 6.45) is 67.0. The lowest BCUT2D eigenvalue weighted by Crippen LogP contribution is -2.30. The number of esters is 3. The molecule has 0 aliphatic carbocycles. The molecule has 392 valence electrons. The quantitative estimate of drug-likeness (QED) is 0.0262. The van der Waals surface area contributed by atoms with Crippen molar-refractivity contribution >= 4 is 17.9 Å². The highest BCUT2D eigenvalue weighted by Crippen LogP contribution is 2.16. The maximum absolute atomic E-state index is 12.9. The number of carbonyl (C=O) groups excluding carboxylic acids is 3. The molecule has 0 saturated heterocycles. The second kappa shape index (κ2) is 56.2. The summed E-state index contributed by atoms with van der Waals surface area (Å²) in [6.45, 7) is 6.64. The van der Waals surface area contributed by atoms with Crippen molar-refractivity contribution in [3.8, 4) is 0 Å². The number of unbranched alkanes of at least 4 members (excludes halogenated alkanes) is 37. The Kier molecular flexibility index (Phi) is 54.2. The predicted molar refractivity (Wildman–Crippen MR) is 289 cm³/mol. The van der Waals surface area contributed by atoms with Gasteiger partial charge in [0.1, 0.15) is 13.2 Å². The van der Waals surface area contributed by atoms with Crippen molar-refractivity contribution in [3.63, 3.8) is 0 Å². The van der Waals surface area contributed by atoms with E-state index in [-0.39, 0.29) is 31.1 Å². The predicted octanol–water partition coefficient (Wildman–Crippen LogP) is 19.7. The third-order valence-electron chi connectivity index (χ3n) is 13.1. The van der Waals surface area contributed by atoms with Crippen molar-refractivity contribution < 1.29 is 28.6 Å². The summed E-state index contributed by atoms with van der Waals surface area (Å²) < 4.78 is 16.9. The molecule has 0 rings (SSSR count). The summed E-state index contributed by atoms with van der Waals surface area (Å²) in [5.74, 6) is -0.862. The second-order valence-electron chi connectivity index (χ2n) is 19.9. The SMILES string of the molecule is CCCCC/C=C\C/C=C\CCCCCCCCCCCC(=O)OCC(COC(=O)CCCCCCCCCCCCCCC)OC(=O)CCCCCCCCC/C=C\CCCCCCCC. The van der Waals surface area contributed by atoms with Crippen molar-refractivity contribution in [2.45, 2.75) is 322 Å². The monoisotopic (exact) mass is 941 g/mol. The van der Waals surface area contributed by atoms with Crippen LogP contribution in [-0.2, 0) is 28.6 Å². The van der Waals surface area contributed by atoms with Crippen molar-refractivity contribution in [1.82, 2.24) is 0 Å². The molecule has 1 atom stereocenters. The minimum absolute atomic E-state index is 0.0713. The first-order valence-corrected chi connectivity index (χ1v) is 29.5. The Morgan fingerprint density at radius 2 is 0.537 bits per heavy atom. The Bertz CT molecular complexity index is 1130. The number of rotatable bonds is 54. The fourth-order valence-electron chi connectivity index (χ4n) is 8.65. The molecule has 0 spiro atoms. The van der Waals surface area contributed by atoms with Crippen LogP contribution in [0.4, 0.5) is 0 Å². The van der Waals surface area contributed by atoms with Crippen LogP contribution < -0.4 is 0 Å². The Hall–Kier alpha value is -2.37. The molecule has 0 aliphatic rings. The summed E-state index contributed by atoms with van der Waals surface area (Å²) in [4.78, 5) is 38.2. The van der Waals surface area contributed by atoms with Crippen LogP contribution in [0.15, 0.2) is 36.5 Å². The molecule has 67 heavy (non-hydrogen) atoms. The zero-order valence-corrected chi connectivity index (χ0v) is 44.9. The first-order valence-electron chi connectivity index (χ1n) is 29.5. The number of hydrogen-bond acceptors (Lipinski definition) is 6. The van der Waals surface area contributed by atoms with Gasteiger partial charge in [-0.2, -0.15) is 0 Å². The van der Waals surface area contributed by atoms with Crippen LogP contribution in [0, 0.1) is 0 Å². The number of ether oxygens (including phenoxy) is 3. The van der Waals surface area contributed by atoms with Gasteiger partial charge in [-0.15, -0.1) is 0 Å². The highest BCUT2D eigenvalue weighted by Gasteiger charge is 2.19. The van der Waals surface area contributed by atoms with E-state index in [0.29, 0.717) is 19.3 Å². The molecule has 0 fully saturated rings. The van der Waals surface area contributed by atoms with Gasteiger partial charge < -0.3 is 14.2 Å². The summed E-state index contributed by atoms with van der Waals surface area (Å²) in [6, 6.07) is 0. The molecule has 0 bridgehead atoms. The van der Waals surface area contributed by atoms with Gasteiger partial charge in [0, 0.05) is 19.3 Å². The van der Waals surface area contributed by atoms with Crippen LogP contribution in [-0.4, -0.2) is 37.2 Å².